The van der Waals surface area contributed by atoms with Crippen molar-refractivity contribution in [1.29, 1.82) is 0 Å². The second kappa shape index (κ2) is 6.70. The molecule has 19 heavy (non-hydrogen) atoms. The summed E-state index contributed by atoms with van der Waals surface area (Å²) >= 11 is 0. The third-order valence-electron chi connectivity index (χ3n) is 3.55. The molecule has 2 rings (SSSR count). The van der Waals surface area contributed by atoms with E-state index >= 15 is 0 Å². The van der Waals surface area contributed by atoms with Crippen LogP contribution in [0.25, 0.3) is 0 Å². The van der Waals surface area contributed by atoms with E-state index in [1.807, 2.05) is 22.7 Å². The highest BCUT2D eigenvalue weighted by molar-refractivity contribution is 5.81. The van der Waals surface area contributed by atoms with Gasteiger partial charge in [0.2, 0.25) is 0 Å². The molecule has 0 aliphatic carbocycles. The quantitative estimate of drug-likeness (QED) is 0.787. The van der Waals surface area contributed by atoms with E-state index in [0.29, 0.717) is 13.2 Å². The molecule has 1 aliphatic rings. The molecule has 1 fully saturated rings. The zero-order chi connectivity index (χ0) is 13.7. The number of unbranched alkanes of at least 4 members (excludes halogenated alkanes) is 1. The van der Waals surface area contributed by atoms with Crippen molar-refractivity contribution in [3.05, 3.63) is 18.2 Å². The van der Waals surface area contributed by atoms with Crippen molar-refractivity contribution in [2.75, 3.05) is 13.2 Å². The van der Waals surface area contributed by atoms with Gasteiger partial charge in [0.05, 0.1) is 6.54 Å². The lowest BCUT2D eigenvalue weighted by Gasteiger charge is -2.25. The van der Waals surface area contributed by atoms with Crippen molar-refractivity contribution < 1.29 is 9.53 Å². The predicted molar refractivity (Wildman–Crippen MR) is 72.5 cm³/mol. The number of hydrogen-bond acceptors (Lipinski definition) is 3. The molecule has 0 radical (unpaired) electrons. The van der Waals surface area contributed by atoms with Gasteiger partial charge in [-0.1, -0.05) is 13.3 Å². The standard InChI is InChI=1S/C14H23N3O2/c1-3-4-8-17(11-13-15-7-9-16(13)2)14(18)12-6-5-10-19-12/h7,9,12H,3-6,8,10-11H2,1-2H3. The molecule has 0 aromatic carbocycles. The first-order chi connectivity index (χ1) is 9.22. The lowest BCUT2D eigenvalue weighted by molar-refractivity contribution is -0.141. The number of imidazole rings is 1. The molecule has 5 heteroatoms. The average Bonchev–Trinajstić information content (AvgIpc) is 3.05. The Labute approximate surface area is 114 Å². The summed E-state index contributed by atoms with van der Waals surface area (Å²) in [5.74, 6) is 1.04. The normalized spacial score (nSPS) is 18.7. The molecule has 1 unspecified atom stereocenters. The molecule has 1 saturated heterocycles. The van der Waals surface area contributed by atoms with Crippen LogP contribution in [-0.4, -0.2) is 39.6 Å². The summed E-state index contributed by atoms with van der Waals surface area (Å²) in [6.07, 6.45) is 7.37. The van der Waals surface area contributed by atoms with Gasteiger partial charge in [0.25, 0.3) is 5.91 Å². The molecule has 106 valence electrons. The number of aromatic nitrogens is 2. The van der Waals surface area contributed by atoms with Crippen LogP contribution in [-0.2, 0) is 23.1 Å². The molecule has 1 aliphatic heterocycles. The fraction of sp³-hybridized carbons (Fsp3) is 0.714. The number of carbonyl (C=O) groups is 1. The van der Waals surface area contributed by atoms with Gasteiger partial charge in [-0.25, -0.2) is 4.98 Å². The minimum absolute atomic E-state index is 0.119. The minimum atomic E-state index is -0.239. The highest BCUT2D eigenvalue weighted by Crippen LogP contribution is 2.16. The average molecular weight is 265 g/mol. The number of amides is 1. The van der Waals surface area contributed by atoms with Crippen LogP contribution in [0.3, 0.4) is 0 Å². The maximum Gasteiger partial charge on any atom is 0.252 e. The Morgan fingerprint density at radius 3 is 3.05 bits per heavy atom. The van der Waals surface area contributed by atoms with Crippen molar-refractivity contribution in [3.8, 4) is 0 Å². The third-order valence-corrected chi connectivity index (χ3v) is 3.55. The second-order valence-electron chi connectivity index (χ2n) is 5.07. The Morgan fingerprint density at radius 1 is 1.63 bits per heavy atom. The molecule has 1 aromatic rings. The van der Waals surface area contributed by atoms with Crippen molar-refractivity contribution >= 4 is 5.91 Å². The maximum atomic E-state index is 12.5. The first kappa shape index (κ1) is 14.1. The molecule has 1 atom stereocenters. The molecule has 0 N–H and O–H groups in total. The Balaban J connectivity index is 2.02. The highest BCUT2D eigenvalue weighted by Gasteiger charge is 2.28. The fourth-order valence-electron chi connectivity index (χ4n) is 2.31. The summed E-state index contributed by atoms with van der Waals surface area (Å²) in [5.41, 5.74) is 0. The van der Waals surface area contributed by atoms with Gasteiger partial charge in [-0.05, 0) is 19.3 Å². The van der Waals surface area contributed by atoms with E-state index in [0.717, 1.165) is 38.1 Å². The van der Waals surface area contributed by atoms with E-state index in [2.05, 4.69) is 11.9 Å². The van der Waals surface area contributed by atoms with E-state index in [9.17, 15) is 4.79 Å². The van der Waals surface area contributed by atoms with Crippen LogP contribution in [0.1, 0.15) is 38.4 Å². The van der Waals surface area contributed by atoms with E-state index in [1.54, 1.807) is 6.20 Å². The van der Waals surface area contributed by atoms with Gasteiger partial charge in [-0.2, -0.15) is 0 Å². The Kier molecular flexibility index (Phi) is 4.96. The van der Waals surface area contributed by atoms with Crippen LogP contribution >= 0.6 is 0 Å². The van der Waals surface area contributed by atoms with Gasteiger partial charge in [-0.3, -0.25) is 4.79 Å². The minimum Gasteiger partial charge on any atom is -0.368 e. The van der Waals surface area contributed by atoms with Crippen molar-refractivity contribution in [2.24, 2.45) is 7.05 Å². The number of carbonyl (C=O) groups excluding carboxylic acids is 1. The summed E-state index contributed by atoms with van der Waals surface area (Å²) < 4.78 is 7.47. The van der Waals surface area contributed by atoms with E-state index in [-0.39, 0.29) is 12.0 Å². The summed E-state index contributed by atoms with van der Waals surface area (Å²) in [5, 5.41) is 0. The smallest absolute Gasteiger partial charge is 0.252 e. The molecular weight excluding hydrogens is 242 g/mol. The largest absolute Gasteiger partial charge is 0.368 e. The first-order valence-electron chi connectivity index (χ1n) is 7.09. The SMILES string of the molecule is CCCCN(Cc1nccn1C)C(=O)C1CCCO1. The molecule has 5 nitrogen and oxygen atoms in total. The number of nitrogens with zero attached hydrogens (tertiary/aromatic N) is 3. The monoisotopic (exact) mass is 265 g/mol. The number of ether oxygens (including phenoxy) is 1. The predicted octanol–water partition coefficient (Wildman–Crippen LogP) is 1.73. The van der Waals surface area contributed by atoms with E-state index in [4.69, 9.17) is 4.74 Å². The number of rotatable bonds is 6. The number of aryl methyl sites for hydroxylation is 1. The summed E-state index contributed by atoms with van der Waals surface area (Å²) in [7, 11) is 1.96. The Bertz CT molecular complexity index is 411. The molecule has 0 spiro atoms. The summed E-state index contributed by atoms with van der Waals surface area (Å²) in [4.78, 5) is 18.6. The van der Waals surface area contributed by atoms with Crippen molar-refractivity contribution in [2.45, 2.75) is 45.3 Å². The Morgan fingerprint density at radius 2 is 2.47 bits per heavy atom. The van der Waals surface area contributed by atoms with Crippen LogP contribution in [0.5, 0.6) is 0 Å². The maximum absolute atomic E-state index is 12.5. The van der Waals surface area contributed by atoms with Crippen LogP contribution in [0, 0.1) is 0 Å². The molecular formula is C14H23N3O2. The molecule has 2 heterocycles. The van der Waals surface area contributed by atoms with Crippen LogP contribution in [0.15, 0.2) is 12.4 Å². The fourth-order valence-corrected chi connectivity index (χ4v) is 2.31. The first-order valence-corrected chi connectivity index (χ1v) is 7.09. The van der Waals surface area contributed by atoms with Gasteiger partial charge >= 0.3 is 0 Å². The van der Waals surface area contributed by atoms with Crippen LogP contribution < -0.4 is 0 Å². The highest BCUT2D eigenvalue weighted by atomic mass is 16.5. The van der Waals surface area contributed by atoms with Crippen molar-refractivity contribution in [1.82, 2.24) is 14.5 Å². The molecule has 1 amide bonds. The van der Waals surface area contributed by atoms with Gasteiger partial charge < -0.3 is 14.2 Å². The molecule has 1 aromatic heterocycles. The topological polar surface area (TPSA) is 47.4 Å². The second-order valence-corrected chi connectivity index (χ2v) is 5.07. The van der Waals surface area contributed by atoms with Gasteiger partial charge in [0, 0.05) is 32.6 Å². The zero-order valence-electron chi connectivity index (χ0n) is 11.8. The van der Waals surface area contributed by atoms with Gasteiger partial charge in [-0.15, -0.1) is 0 Å². The van der Waals surface area contributed by atoms with Crippen molar-refractivity contribution in [3.63, 3.8) is 0 Å². The molecule has 0 saturated carbocycles. The lowest BCUT2D eigenvalue weighted by Crippen LogP contribution is -2.39. The van der Waals surface area contributed by atoms with Gasteiger partial charge in [0.15, 0.2) is 0 Å². The Hall–Kier alpha value is -1.36. The lowest BCUT2D eigenvalue weighted by atomic mass is 10.2. The van der Waals surface area contributed by atoms with Crippen LogP contribution in [0.4, 0.5) is 0 Å². The van der Waals surface area contributed by atoms with E-state index < -0.39 is 0 Å². The van der Waals surface area contributed by atoms with Crippen LogP contribution in [0.2, 0.25) is 0 Å². The zero-order valence-corrected chi connectivity index (χ0v) is 11.8. The summed E-state index contributed by atoms with van der Waals surface area (Å²) in [6, 6.07) is 0. The van der Waals surface area contributed by atoms with Gasteiger partial charge in [0.1, 0.15) is 11.9 Å². The van der Waals surface area contributed by atoms with E-state index in [1.165, 1.54) is 0 Å². The third kappa shape index (κ3) is 3.56. The molecule has 0 bridgehead atoms. The summed E-state index contributed by atoms with van der Waals surface area (Å²) in [6.45, 7) is 4.19. The number of hydrogen-bond donors (Lipinski definition) is 0.